The molecule has 0 radical (unpaired) electrons. The van der Waals surface area contributed by atoms with Gasteiger partial charge in [-0.2, -0.15) is 5.26 Å². The summed E-state index contributed by atoms with van der Waals surface area (Å²) in [6.07, 6.45) is 3.22. The van der Waals surface area contributed by atoms with E-state index in [1.165, 1.54) is 0 Å². The number of aromatic nitrogens is 1. The van der Waals surface area contributed by atoms with E-state index in [4.69, 9.17) is 4.74 Å². The van der Waals surface area contributed by atoms with Gasteiger partial charge in [0.15, 0.2) is 0 Å². The standard InChI is InChI=1S/C22H25N3O3/c1-4-28-22(27)18-8-6-11-24(14-18)21(26)20-17(13-23)10-12-25(20)19-9-5-7-15(2)16(19)3/h5,7,9-10,12,18H,4,6,8,11,14H2,1-3H3. The number of nitriles is 1. The lowest BCUT2D eigenvalue weighted by Crippen LogP contribution is -2.43. The Bertz CT molecular complexity index is 939. The zero-order valence-electron chi connectivity index (χ0n) is 16.6. The molecule has 1 aliphatic rings. The molecule has 0 spiro atoms. The highest BCUT2D eigenvalue weighted by Crippen LogP contribution is 2.26. The van der Waals surface area contributed by atoms with E-state index >= 15 is 0 Å². The van der Waals surface area contributed by atoms with Crippen LogP contribution in [0.1, 0.15) is 46.9 Å². The number of hydrogen-bond acceptors (Lipinski definition) is 4. The number of esters is 1. The second-order valence-corrected chi connectivity index (χ2v) is 7.12. The Balaban J connectivity index is 1.96. The van der Waals surface area contributed by atoms with E-state index in [2.05, 4.69) is 6.07 Å². The van der Waals surface area contributed by atoms with Gasteiger partial charge in [0.25, 0.3) is 5.91 Å². The van der Waals surface area contributed by atoms with Gasteiger partial charge in [-0.3, -0.25) is 9.59 Å². The fraction of sp³-hybridized carbons (Fsp3) is 0.409. The van der Waals surface area contributed by atoms with Gasteiger partial charge >= 0.3 is 5.97 Å². The average Bonchev–Trinajstić information content (AvgIpc) is 3.13. The monoisotopic (exact) mass is 379 g/mol. The molecular formula is C22H25N3O3. The van der Waals surface area contributed by atoms with Crippen LogP contribution in [0.25, 0.3) is 5.69 Å². The summed E-state index contributed by atoms with van der Waals surface area (Å²) in [4.78, 5) is 27.2. The molecule has 6 nitrogen and oxygen atoms in total. The first kappa shape index (κ1) is 19.7. The fourth-order valence-corrected chi connectivity index (χ4v) is 3.70. The first-order valence-corrected chi connectivity index (χ1v) is 9.61. The van der Waals surface area contributed by atoms with E-state index < -0.39 is 0 Å². The average molecular weight is 379 g/mol. The minimum absolute atomic E-state index is 0.226. The van der Waals surface area contributed by atoms with Crippen molar-refractivity contribution < 1.29 is 14.3 Å². The number of ether oxygens (including phenoxy) is 1. The minimum Gasteiger partial charge on any atom is -0.466 e. The van der Waals surface area contributed by atoms with Crippen LogP contribution in [0.3, 0.4) is 0 Å². The van der Waals surface area contributed by atoms with Gasteiger partial charge in [0.1, 0.15) is 11.8 Å². The Morgan fingerprint density at radius 2 is 2.07 bits per heavy atom. The molecule has 0 saturated carbocycles. The summed E-state index contributed by atoms with van der Waals surface area (Å²) >= 11 is 0. The van der Waals surface area contributed by atoms with Crippen LogP contribution in [0, 0.1) is 31.1 Å². The van der Waals surface area contributed by atoms with Crippen LogP contribution in [-0.2, 0) is 9.53 Å². The van der Waals surface area contributed by atoms with Gasteiger partial charge in [0.2, 0.25) is 0 Å². The van der Waals surface area contributed by atoms with Gasteiger partial charge < -0.3 is 14.2 Å². The number of likely N-dealkylation sites (tertiary alicyclic amines) is 1. The van der Waals surface area contributed by atoms with Crippen LogP contribution in [0.5, 0.6) is 0 Å². The zero-order chi connectivity index (χ0) is 20.3. The Morgan fingerprint density at radius 1 is 1.29 bits per heavy atom. The molecule has 1 unspecified atom stereocenters. The Kier molecular flexibility index (Phi) is 5.84. The molecule has 0 N–H and O–H groups in total. The van der Waals surface area contributed by atoms with Gasteiger partial charge in [0, 0.05) is 25.0 Å². The van der Waals surface area contributed by atoms with Crippen molar-refractivity contribution in [3.63, 3.8) is 0 Å². The van der Waals surface area contributed by atoms with Gasteiger partial charge in [-0.1, -0.05) is 12.1 Å². The Morgan fingerprint density at radius 3 is 2.79 bits per heavy atom. The van der Waals surface area contributed by atoms with Crippen LogP contribution in [-0.4, -0.2) is 41.0 Å². The van der Waals surface area contributed by atoms with Crippen molar-refractivity contribution in [3.8, 4) is 11.8 Å². The number of nitrogens with zero attached hydrogens (tertiary/aromatic N) is 3. The van der Waals surface area contributed by atoms with Crippen molar-refractivity contribution in [3.05, 3.63) is 52.8 Å². The van der Waals surface area contributed by atoms with Crippen LogP contribution in [0.15, 0.2) is 30.5 Å². The van der Waals surface area contributed by atoms with Crippen LogP contribution >= 0.6 is 0 Å². The predicted molar refractivity (Wildman–Crippen MR) is 105 cm³/mol. The Hall–Kier alpha value is -3.07. The van der Waals surface area contributed by atoms with Crippen LogP contribution < -0.4 is 0 Å². The molecule has 1 aromatic carbocycles. The van der Waals surface area contributed by atoms with Gasteiger partial charge in [-0.15, -0.1) is 0 Å². The Labute approximate surface area is 165 Å². The quantitative estimate of drug-likeness (QED) is 0.763. The summed E-state index contributed by atoms with van der Waals surface area (Å²) in [6.45, 7) is 7.02. The molecule has 1 aliphatic heterocycles. The third-order valence-electron chi connectivity index (χ3n) is 5.37. The lowest BCUT2D eigenvalue weighted by Gasteiger charge is -2.32. The molecule has 28 heavy (non-hydrogen) atoms. The smallest absolute Gasteiger partial charge is 0.310 e. The van der Waals surface area contributed by atoms with E-state index in [0.29, 0.717) is 37.4 Å². The first-order chi connectivity index (χ1) is 13.5. The molecular weight excluding hydrogens is 354 g/mol. The second-order valence-electron chi connectivity index (χ2n) is 7.12. The normalized spacial score (nSPS) is 16.5. The summed E-state index contributed by atoms with van der Waals surface area (Å²) in [5.41, 5.74) is 3.73. The molecule has 0 aliphatic carbocycles. The van der Waals surface area contributed by atoms with Gasteiger partial charge in [0.05, 0.1) is 18.1 Å². The van der Waals surface area contributed by atoms with E-state index in [0.717, 1.165) is 23.2 Å². The molecule has 146 valence electrons. The highest BCUT2D eigenvalue weighted by atomic mass is 16.5. The first-order valence-electron chi connectivity index (χ1n) is 9.61. The predicted octanol–water partition coefficient (Wildman–Crippen LogP) is 3.38. The summed E-state index contributed by atoms with van der Waals surface area (Å²) in [7, 11) is 0. The van der Waals surface area contributed by atoms with Crippen LogP contribution in [0.2, 0.25) is 0 Å². The topological polar surface area (TPSA) is 75.3 Å². The molecule has 0 bridgehead atoms. The number of carbonyl (C=O) groups is 2. The molecule has 2 aromatic rings. The van der Waals surface area contributed by atoms with Gasteiger partial charge in [-0.05, 0) is 56.9 Å². The maximum absolute atomic E-state index is 13.4. The van der Waals surface area contributed by atoms with Crippen molar-refractivity contribution in [2.75, 3.05) is 19.7 Å². The molecule has 1 atom stereocenters. The van der Waals surface area contributed by atoms with E-state index in [1.54, 1.807) is 28.7 Å². The van der Waals surface area contributed by atoms with Crippen molar-refractivity contribution in [1.29, 1.82) is 5.26 Å². The van der Waals surface area contributed by atoms with Gasteiger partial charge in [-0.25, -0.2) is 0 Å². The van der Waals surface area contributed by atoms with Crippen molar-refractivity contribution in [2.45, 2.75) is 33.6 Å². The maximum Gasteiger partial charge on any atom is 0.310 e. The SMILES string of the molecule is CCOC(=O)C1CCCN(C(=O)c2c(C#N)ccn2-c2cccc(C)c2C)C1. The molecule has 3 rings (SSSR count). The molecule has 6 heteroatoms. The number of rotatable bonds is 4. The lowest BCUT2D eigenvalue weighted by molar-refractivity contribution is -0.149. The third kappa shape index (κ3) is 3.65. The van der Waals surface area contributed by atoms with Crippen molar-refractivity contribution in [1.82, 2.24) is 9.47 Å². The minimum atomic E-state index is -0.313. The largest absolute Gasteiger partial charge is 0.466 e. The second kappa shape index (κ2) is 8.30. The molecule has 1 saturated heterocycles. The fourth-order valence-electron chi connectivity index (χ4n) is 3.70. The highest BCUT2D eigenvalue weighted by Gasteiger charge is 2.32. The zero-order valence-corrected chi connectivity index (χ0v) is 16.6. The van der Waals surface area contributed by atoms with Crippen molar-refractivity contribution in [2.24, 2.45) is 5.92 Å². The number of benzene rings is 1. The summed E-state index contributed by atoms with van der Waals surface area (Å²) in [5.74, 6) is -0.797. The van der Waals surface area contributed by atoms with E-state index in [-0.39, 0.29) is 17.8 Å². The summed E-state index contributed by atoms with van der Waals surface area (Å²) < 4.78 is 6.92. The molecule has 2 heterocycles. The molecule has 1 fully saturated rings. The number of carbonyl (C=O) groups excluding carboxylic acids is 2. The highest BCUT2D eigenvalue weighted by molar-refractivity contribution is 5.96. The van der Waals surface area contributed by atoms with E-state index in [9.17, 15) is 14.9 Å². The number of hydrogen-bond donors (Lipinski definition) is 0. The maximum atomic E-state index is 13.4. The summed E-state index contributed by atoms with van der Waals surface area (Å²) in [5, 5.41) is 9.55. The van der Waals surface area contributed by atoms with Crippen molar-refractivity contribution >= 4 is 11.9 Å². The number of amides is 1. The summed E-state index contributed by atoms with van der Waals surface area (Å²) in [6, 6.07) is 9.70. The van der Waals surface area contributed by atoms with E-state index in [1.807, 2.05) is 32.0 Å². The molecule has 1 aromatic heterocycles. The molecule has 1 amide bonds. The number of aryl methyl sites for hydroxylation is 1. The van der Waals surface area contributed by atoms with Crippen LogP contribution in [0.4, 0.5) is 0 Å². The number of piperidine rings is 1. The lowest BCUT2D eigenvalue weighted by atomic mass is 9.97. The third-order valence-corrected chi connectivity index (χ3v) is 5.37.